The van der Waals surface area contributed by atoms with Gasteiger partial charge in [-0.2, -0.15) is 8.42 Å². The lowest BCUT2D eigenvalue weighted by Crippen LogP contribution is -2.36. The van der Waals surface area contributed by atoms with Gasteiger partial charge in [0.25, 0.3) is 0 Å². The number of halogens is 1. The van der Waals surface area contributed by atoms with Gasteiger partial charge in [0.15, 0.2) is 0 Å². The fourth-order valence-corrected chi connectivity index (χ4v) is 4.00. The van der Waals surface area contributed by atoms with Gasteiger partial charge in [-0.25, -0.2) is 13.1 Å². The van der Waals surface area contributed by atoms with Crippen LogP contribution < -0.4 is 4.72 Å². The molecule has 20 heavy (non-hydrogen) atoms. The van der Waals surface area contributed by atoms with Crippen LogP contribution in [0.2, 0.25) is 0 Å². The largest absolute Gasteiger partial charge is 0.332 e. The van der Waals surface area contributed by atoms with Gasteiger partial charge in [-0.3, -0.25) is 0 Å². The molecule has 0 saturated carbocycles. The first-order valence-electron chi connectivity index (χ1n) is 5.94. The molecule has 0 spiro atoms. The van der Waals surface area contributed by atoms with E-state index in [1.54, 1.807) is 0 Å². The van der Waals surface area contributed by atoms with E-state index in [2.05, 4.69) is 4.72 Å². The fourth-order valence-electron chi connectivity index (χ4n) is 2.11. The van der Waals surface area contributed by atoms with Crippen LogP contribution >= 0.6 is 0 Å². The van der Waals surface area contributed by atoms with Crippen LogP contribution in [-0.2, 0) is 20.2 Å². The average Bonchev–Trinajstić information content (AvgIpc) is 2.73. The van der Waals surface area contributed by atoms with Crippen molar-refractivity contribution in [2.75, 3.05) is 20.1 Å². The molecular formula is C11H15FN2O4S2. The molecule has 1 unspecified atom stereocenters. The van der Waals surface area contributed by atoms with Crippen molar-refractivity contribution >= 4 is 20.2 Å². The molecule has 0 aliphatic carbocycles. The van der Waals surface area contributed by atoms with Crippen LogP contribution in [0.4, 0.5) is 3.89 Å². The van der Waals surface area contributed by atoms with Crippen LogP contribution in [0, 0.1) is 0 Å². The first-order chi connectivity index (χ1) is 9.18. The molecule has 0 amide bonds. The normalized spacial score (nSPS) is 21.2. The van der Waals surface area contributed by atoms with E-state index in [0.717, 1.165) is 18.7 Å². The molecule has 1 atom stereocenters. The predicted molar refractivity (Wildman–Crippen MR) is 71.0 cm³/mol. The highest BCUT2D eigenvalue weighted by Gasteiger charge is 2.26. The minimum absolute atomic E-state index is 0.226. The molecule has 1 N–H and O–H groups in total. The highest BCUT2D eigenvalue weighted by molar-refractivity contribution is 7.89. The van der Waals surface area contributed by atoms with Gasteiger partial charge >= 0.3 is 10.2 Å². The summed E-state index contributed by atoms with van der Waals surface area (Å²) in [6.07, 6.45) is 0.677. The van der Waals surface area contributed by atoms with Crippen LogP contribution in [-0.4, -0.2) is 47.9 Å². The van der Waals surface area contributed by atoms with E-state index in [1.807, 2.05) is 11.9 Å². The molecule has 2 rings (SSSR count). The van der Waals surface area contributed by atoms with Crippen LogP contribution in [0.5, 0.6) is 0 Å². The van der Waals surface area contributed by atoms with Crippen molar-refractivity contribution in [2.24, 2.45) is 0 Å². The lowest BCUT2D eigenvalue weighted by molar-refractivity contribution is 0.407. The molecule has 112 valence electrons. The Labute approximate surface area is 117 Å². The van der Waals surface area contributed by atoms with Crippen LogP contribution in [0.25, 0.3) is 0 Å². The Hall–Kier alpha value is -1.03. The SMILES string of the molecule is CN1CCC(NS(=O)(=O)c2cccc(S(=O)(=O)F)c2)C1. The summed E-state index contributed by atoms with van der Waals surface area (Å²) in [5.74, 6) is 0. The monoisotopic (exact) mass is 322 g/mol. The van der Waals surface area contributed by atoms with Gasteiger partial charge in [0.2, 0.25) is 10.0 Å². The summed E-state index contributed by atoms with van der Waals surface area (Å²) in [5.41, 5.74) is 0. The highest BCUT2D eigenvalue weighted by atomic mass is 32.3. The van der Waals surface area contributed by atoms with Crippen LogP contribution in [0.15, 0.2) is 34.1 Å². The summed E-state index contributed by atoms with van der Waals surface area (Å²) in [6, 6.07) is 4.03. The van der Waals surface area contributed by atoms with E-state index >= 15 is 0 Å². The summed E-state index contributed by atoms with van der Waals surface area (Å²) in [6.45, 7) is 1.37. The second kappa shape index (κ2) is 5.40. The summed E-state index contributed by atoms with van der Waals surface area (Å²) >= 11 is 0. The number of likely N-dealkylation sites (N-methyl/N-ethyl adjacent to an activating group) is 1. The number of likely N-dealkylation sites (tertiary alicyclic amines) is 1. The number of hydrogen-bond acceptors (Lipinski definition) is 5. The van der Waals surface area contributed by atoms with Gasteiger partial charge in [0, 0.05) is 12.6 Å². The van der Waals surface area contributed by atoms with Crippen molar-refractivity contribution < 1.29 is 20.7 Å². The molecule has 1 saturated heterocycles. The van der Waals surface area contributed by atoms with Crippen molar-refractivity contribution in [1.29, 1.82) is 0 Å². The Balaban J connectivity index is 2.26. The zero-order chi connectivity index (χ0) is 15.0. The minimum Gasteiger partial charge on any atom is -0.305 e. The Morgan fingerprint density at radius 3 is 2.45 bits per heavy atom. The number of hydrogen-bond donors (Lipinski definition) is 1. The number of nitrogens with one attached hydrogen (secondary N) is 1. The fraction of sp³-hybridized carbons (Fsp3) is 0.455. The van der Waals surface area contributed by atoms with E-state index < -0.39 is 25.1 Å². The molecule has 0 bridgehead atoms. The maximum Gasteiger partial charge on any atom is 0.332 e. The van der Waals surface area contributed by atoms with Gasteiger partial charge in [0.1, 0.15) is 0 Å². The van der Waals surface area contributed by atoms with E-state index in [-0.39, 0.29) is 10.9 Å². The number of nitrogens with zero attached hydrogens (tertiary/aromatic N) is 1. The quantitative estimate of drug-likeness (QED) is 0.808. The number of benzene rings is 1. The van der Waals surface area contributed by atoms with Crippen molar-refractivity contribution in [2.45, 2.75) is 22.3 Å². The van der Waals surface area contributed by atoms with Gasteiger partial charge in [-0.05, 0) is 38.2 Å². The second-order valence-electron chi connectivity index (χ2n) is 4.78. The maximum atomic E-state index is 12.9. The number of sulfonamides is 1. The molecular weight excluding hydrogens is 307 g/mol. The van der Waals surface area contributed by atoms with Crippen LogP contribution in [0.1, 0.15) is 6.42 Å². The highest BCUT2D eigenvalue weighted by Crippen LogP contribution is 2.18. The maximum absolute atomic E-state index is 12.9. The molecule has 1 aliphatic rings. The van der Waals surface area contributed by atoms with Gasteiger partial charge < -0.3 is 4.90 Å². The molecule has 6 nitrogen and oxygen atoms in total. The van der Waals surface area contributed by atoms with E-state index in [4.69, 9.17) is 0 Å². The summed E-state index contributed by atoms with van der Waals surface area (Å²) in [7, 11) is -6.90. The standard InChI is InChI=1S/C11H15FN2O4S2/c1-14-6-5-9(8-14)13-20(17,18)11-4-2-3-10(7-11)19(12,15)16/h2-4,7,9,13H,5-6,8H2,1H3. The third kappa shape index (κ3) is 3.54. The van der Waals surface area contributed by atoms with E-state index in [0.29, 0.717) is 13.0 Å². The van der Waals surface area contributed by atoms with Crippen molar-refractivity contribution in [1.82, 2.24) is 9.62 Å². The Morgan fingerprint density at radius 2 is 1.90 bits per heavy atom. The Morgan fingerprint density at radius 1 is 1.25 bits per heavy atom. The lowest BCUT2D eigenvalue weighted by atomic mass is 10.3. The minimum atomic E-state index is -4.92. The van der Waals surface area contributed by atoms with Crippen molar-refractivity contribution in [3.8, 4) is 0 Å². The molecule has 0 aromatic heterocycles. The lowest BCUT2D eigenvalue weighted by Gasteiger charge is -2.13. The van der Waals surface area contributed by atoms with Crippen LogP contribution in [0.3, 0.4) is 0 Å². The zero-order valence-corrected chi connectivity index (χ0v) is 12.4. The molecule has 1 fully saturated rings. The molecule has 1 aromatic carbocycles. The van der Waals surface area contributed by atoms with Gasteiger partial charge in [-0.15, -0.1) is 3.89 Å². The average molecular weight is 322 g/mol. The summed E-state index contributed by atoms with van der Waals surface area (Å²) in [4.78, 5) is 1.06. The predicted octanol–water partition coefficient (Wildman–Crippen LogP) is 0.327. The summed E-state index contributed by atoms with van der Waals surface area (Å²) in [5, 5.41) is 0. The number of rotatable bonds is 4. The second-order valence-corrected chi connectivity index (χ2v) is 7.84. The first kappa shape index (κ1) is 15.4. The zero-order valence-electron chi connectivity index (χ0n) is 10.8. The Bertz CT molecular complexity index is 703. The van der Waals surface area contributed by atoms with E-state index in [1.165, 1.54) is 12.1 Å². The smallest absolute Gasteiger partial charge is 0.305 e. The van der Waals surface area contributed by atoms with Gasteiger partial charge in [0.05, 0.1) is 9.79 Å². The molecule has 1 aromatic rings. The van der Waals surface area contributed by atoms with Crippen molar-refractivity contribution in [3.05, 3.63) is 24.3 Å². The molecule has 1 heterocycles. The Kier molecular flexibility index (Phi) is 4.14. The molecule has 9 heteroatoms. The topological polar surface area (TPSA) is 83.6 Å². The first-order valence-corrected chi connectivity index (χ1v) is 8.81. The third-order valence-corrected chi connectivity index (χ3v) is 5.45. The van der Waals surface area contributed by atoms with Crippen molar-refractivity contribution in [3.63, 3.8) is 0 Å². The van der Waals surface area contributed by atoms with E-state index in [9.17, 15) is 20.7 Å². The third-order valence-electron chi connectivity index (χ3n) is 3.11. The molecule has 1 aliphatic heterocycles. The summed E-state index contributed by atoms with van der Waals surface area (Å²) < 4.78 is 61.3. The van der Waals surface area contributed by atoms with Gasteiger partial charge in [-0.1, -0.05) is 6.07 Å². The molecule has 0 radical (unpaired) electrons.